The molecule has 0 unspecified atom stereocenters. The van der Waals surface area contributed by atoms with Crippen LogP contribution in [-0.4, -0.2) is 37.3 Å². The van der Waals surface area contributed by atoms with Gasteiger partial charge in [0.05, 0.1) is 0 Å². The van der Waals surface area contributed by atoms with Crippen LogP contribution in [0.15, 0.2) is 0 Å². The van der Waals surface area contributed by atoms with Crippen LogP contribution in [0.4, 0.5) is 0 Å². The van der Waals surface area contributed by atoms with Crippen LogP contribution in [0.3, 0.4) is 0 Å². The van der Waals surface area contributed by atoms with E-state index < -0.39 is 0 Å². The van der Waals surface area contributed by atoms with Crippen LogP contribution < -0.4 is 16.0 Å². The first-order chi connectivity index (χ1) is 6.91. The number of hydrogen-bond acceptors (Lipinski definition) is 3. The van der Waals surface area contributed by atoms with Crippen molar-refractivity contribution < 1.29 is 0 Å². The summed E-state index contributed by atoms with van der Waals surface area (Å²) in [6.45, 7) is 13.1. The van der Waals surface area contributed by atoms with E-state index in [4.69, 9.17) is 0 Å². The Balaban J connectivity index is 1.81. The van der Waals surface area contributed by atoms with Gasteiger partial charge in [0.1, 0.15) is 0 Å². The van der Waals surface area contributed by atoms with Crippen molar-refractivity contribution in [2.45, 2.75) is 51.6 Å². The lowest BCUT2D eigenvalue weighted by Crippen LogP contribution is -2.41. The molecule has 0 aromatic heterocycles. The second-order valence-electron chi connectivity index (χ2n) is 5.91. The van der Waals surface area contributed by atoms with Crippen molar-refractivity contribution in [2.24, 2.45) is 0 Å². The second-order valence-corrected chi connectivity index (χ2v) is 5.91. The smallest absolute Gasteiger partial charge is 0.0155 e. The average molecular weight is 213 g/mol. The fourth-order valence-corrected chi connectivity index (χ4v) is 1.47. The van der Waals surface area contributed by atoms with E-state index >= 15 is 0 Å². The van der Waals surface area contributed by atoms with Gasteiger partial charge in [-0.1, -0.05) is 0 Å². The van der Waals surface area contributed by atoms with Gasteiger partial charge in [-0.05, 0) is 40.5 Å². The normalized spacial score (nSPS) is 19.2. The number of rotatable bonds is 7. The summed E-state index contributed by atoms with van der Waals surface area (Å²) in [5.41, 5.74) is 0.715. The van der Waals surface area contributed by atoms with Gasteiger partial charge in [0.2, 0.25) is 0 Å². The lowest BCUT2D eigenvalue weighted by molar-refractivity contribution is 0.419. The third-order valence-electron chi connectivity index (χ3n) is 2.81. The minimum Gasteiger partial charge on any atom is -0.314 e. The maximum absolute atomic E-state index is 3.56. The van der Waals surface area contributed by atoms with Gasteiger partial charge in [-0.3, -0.25) is 0 Å². The zero-order chi connectivity index (χ0) is 11.4. The summed E-state index contributed by atoms with van der Waals surface area (Å²) >= 11 is 0. The topological polar surface area (TPSA) is 36.1 Å². The first-order valence-electron chi connectivity index (χ1n) is 6.12. The van der Waals surface area contributed by atoms with Crippen LogP contribution in [-0.2, 0) is 0 Å². The summed E-state index contributed by atoms with van der Waals surface area (Å²) in [7, 11) is 0. The van der Waals surface area contributed by atoms with Gasteiger partial charge in [0.15, 0.2) is 0 Å². The monoisotopic (exact) mass is 213 g/mol. The fourth-order valence-electron chi connectivity index (χ4n) is 1.47. The molecule has 3 nitrogen and oxygen atoms in total. The fraction of sp³-hybridized carbons (Fsp3) is 1.00. The molecule has 1 rings (SSSR count). The Morgan fingerprint density at radius 1 is 1.00 bits per heavy atom. The zero-order valence-electron chi connectivity index (χ0n) is 10.7. The molecule has 1 fully saturated rings. The van der Waals surface area contributed by atoms with Crippen molar-refractivity contribution in [1.29, 1.82) is 0 Å². The molecule has 0 aliphatic heterocycles. The number of hydrogen-bond donors (Lipinski definition) is 3. The summed E-state index contributed by atoms with van der Waals surface area (Å²) < 4.78 is 0. The zero-order valence-corrected chi connectivity index (χ0v) is 10.7. The van der Waals surface area contributed by atoms with E-state index in [9.17, 15) is 0 Å². The van der Waals surface area contributed by atoms with E-state index in [-0.39, 0.29) is 5.54 Å². The molecule has 1 saturated carbocycles. The molecule has 15 heavy (non-hydrogen) atoms. The van der Waals surface area contributed by atoms with Crippen molar-refractivity contribution >= 4 is 0 Å². The lowest BCUT2D eigenvalue weighted by Gasteiger charge is -2.20. The molecule has 3 heteroatoms. The highest BCUT2D eigenvalue weighted by Gasteiger charge is 2.35. The van der Waals surface area contributed by atoms with Crippen LogP contribution in [0, 0.1) is 0 Å². The van der Waals surface area contributed by atoms with Crippen LogP contribution in [0.1, 0.15) is 40.5 Å². The maximum atomic E-state index is 3.56. The molecule has 0 aromatic carbocycles. The highest BCUT2D eigenvalue weighted by molar-refractivity contribution is 4.97. The van der Waals surface area contributed by atoms with Gasteiger partial charge in [-0.15, -0.1) is 0 Å². The average Bonchev–Trinajstić information content (AvgIpc) is 2.81. The van der Waals surface area contributed by atoms with Gasteiger partial charge >= 0.3 is 0 Å². The molecule has 0 aromatic rings. The molecular formula is C12H27N3. The van der Waals surface area contributed by atoms with E-state index in [2.05, 4.69) is 43.6 Å². The Morgan fingerprint density at radius 3 is 2.13 bits per heavy atom. The second kappa shape index (κ2) is 5.28. The van der Waals surface area contributed by atoms with Crippen molar-refractivity contribution in [1.82, 2.24) is 16.0 Å². The highest BCUT2D eigenvalue weighted by Crippen LogP contribution is 2.33. The predicted octanol–water partition coefficient (Wildman–Crippen LogP) is 1.11. The largest absolute Gasteiger partial charge is 0.314 e. The van der Waals surface area contributed by atoms with E-state index in [1.807, 2.05) is 0 Å². The summed E-state index contributed by atoms with van der Waals surface area (Å²) in [5, 5.41) is 10.4. The quantitative estimate of drug-likeness (QED) is 0.554. The lowest BCUT2D eigenvalue weighted by atomic mass is 10.1. The summed E-state index contributed by atoms with van der Waals surface area (Å²) in [6, 6.07) is 0. The minimum atomic E-state index is 0.238. The minimum absolute atomic E-state index is 0.238. The molecule has 0 spiro atoms. The molecule has 0 radical (unpaired) electrons. The van der Waals surface area contributed by atoms with Gasteiger partial charge in [-0.2, -0.15) is 0 Å². The van der Waals surface area contributed by atoms with E-state index in [1.54, 1.807) is 0 Å². The van der Waals surface area contributed by atoms with Gasteiger partial charge in [-0.25, -0.2) is 0 Å². The molecule has 90 valence electrons. The van der Waals surface area contributed by atoms with Crippen molar-refractivity contribution in [3.05, 3.63) is 0 Å². The van der Waals surface area contributed by atoms with Crippen LogP contribution in [0.2, 0.25) is 0 Å². The SMILES string of the molecule is CC(C)(C)NCCNCCNC1(C)CC1. The summed E-state index contributed by atoms with van der Waals surface area (Å²) in [5.74, 6) is 0. The Hall–Kier alpha value is -0.120. The summed E-state index contributed by atoms with van der Waals surface area (Å²) in [4.78, 5) is 0. The van der Waals surface area contributed by atoms with Crippen molar-refractivity contribution in [2.75, 3.05) is 26.2 Å². The van der Waals surface area contributed by atoms with Crippen LogP contribution >= 0.6 is 0 Å². The molecule has 1 aliphatic carbocycles. The third kappa shape index (κ3) is 6.88. The molecule has 0 heterocycles. The Kier molecular flexibility index (Phi) is 4.56. The third-order valence-corrected chi connectivity index (χ3v) is 2.81. The van der Waals surface area contributed by atoms with Gasteiger partial charge in [0.25, 0.3) is 0 Å². The van der Waals surface area contributed by atoms with Crippen molar-refractivity contribution in [3.63, 3.8) is 0 Å². The van der Waals surface area contributed by atoms with Crippen molar-refractivity contribution in [3.8, 4) is 0 Å². The first-order valence-corrected chi connectivity index (χ1v) is 6.12. The Bertz CT molecular complexity index is 171. The van der Waals surface area contributed by atoms with Crippen LogP contribution in [0.5, 0.6) is 0 Å². The Morgan fingerprint density at radius 2 is 1.60 bits per heavy atom. The molecule has 1 aliphatic rings. The van der Waals surface area contributed by atoms with E-state index in [0.717, 1.165) is 26.2 Å². The van der Waals surface area contributed by atoms with Gasteiger partial charge in [0, 0.05) is 37.3 Å². The molecule has 0 bridgehead atoms. The highest BCUT2D eigenvalue weighted by atomic mass is 15.0. The molecular weight excluding hydrogens is 186 g/mol. The standard InChI is InChI=1S/C12H27N3/c1-11(2,3)14-9-7-13-8-10-15-12(4)5-6-12/h13-15H,5-10H2,1-4H3. The predicted molar refractivity (Wildman–Crippen MR) is 66.3 cm³/mol. The Labute approximate surface area is 94.4 Å². The van der Waals surface area contributed by atoms with Gasteiger partial charge < -0.3 is 16.0 Å². The van der Waals surface area contributed by atoms with Crippen LogP contribution in [0.25, 0.3) is 0 Å². The van der Waals surface area contributed by atoms with E-state index in [0.29, 0.717) is 5.54 Å². The van der Waals surface area contributed by atoms with E-state index in [1.165, 1.54) is 12.8 Å². The number of nitrogens with one attached hydrogen (secondary N) is 3. The molecule has 0 atom stereocenters. The molecule has 3 N–H and O–H groups in total. The molecule has 0 saturated heterocycles. The summed E-state index contributed by atoms with van der Waals surface area (Å²) in [6.07, 6.45) is 2.69. The first kappa shape index (κ1) is 12.9. The molecule has 0 amide bonds. The maximum Gasteiger partial charge on any atom is 0.0155 e.